The minimum Gasteiger partial charge on any atom is -0.480 e. The molecule has 0 aliphatic heterocycles. The maximum Gasteiger partial charge on any atom is 0.319 e. The van der Waals surface area contributed by atoms with Crippen LogP contribution >= 0.6 is 0 Å². The summed E-state index contributed by atoms with van der Waals surface area (Å²) in [5.74, 6) is -1.36. The van der Waals surface area contributed by atoms with E-state index in [1.54, 1.807) is 0 Å². The van der Waals surface area contributed by atoms with Crippen molar-refractivity contribution >= 4 is 11.9 Å². The number of carbonyl (C=O) groups excluding carboxylic acids is 1. The van der Waals surface area contributed by atoms with E-state index in [9.17, 15) is 9.59 Å². The topological polar surface area (TPSA) is 66.4 Å². The first-order valence-electron chi connectivity index (χ1n) is 4.34. The lowest BCUT2D eigenvalue weighted by Crippen LogP contribution is -2.46. The second-order valence-electron chi connectivity index (χ2n) is 4.59. The third-order valence-corrected chi connectivity index (χ3v) is 2.08. The van der Waals surface area contributed by atoms with Gasteiger partial charge in [-0.2, -0.15) is 0 Å². The minimum absolute atomic E-state index is 0.354. The fourth-order valence-electron chi connectivity index (χ4n) is 1.12. The van der Waals surface area contributed by atoms with Gasteiger partial charge in [0.25, 0.3) is 0 Å². The summed E-state index contributed by atoms with van der Waals surface area (Å²) in [6.45, 7) is 5.51. The van der Waals surface area contributed by atoms with Gasteiger partial charge in [-0.15, -0.1) is 0 Å². The average molecular weight is 185 g/mol. The number of carbonyl (C=O) groups is 2. The highest BCUT2D eigenvalue weighted by atomic mass is 16.4. The van der Waals surface area contributed by atoms with E-state index in [0.717, 1.165) is 0 Å². The number of hydrogen-bond donors (Lipinski definition) is 2. The molecule has 4 heteroatoms. The number of carboxylic acid groups (broad SMARTS) is 1. The normalized spacial score (nSPS) is 19.3. The van der Waals surface area contributed by atoms with Gasteiger partial charge in [0.05, 0.1) is 0 Å². The van der Waals surface area contributed by atoms with Crippen molar-refractivity contribution in [3.05, 3.63) is 0 Å². The van der Waals surface area contributed by atoms with Crippen LogP contribution in [0.3, 0.4) is 0 Å². The number of hydrogen-bond acceptors (Lipinski definition) is 2. The largest absolute Gasteiger partial charge is 0.480 e. The number of aliphatic carboxylic acids is 1. The van der Waals surface area contributed by atoms with Gasteiger partial charge in [0.2, 0.25) is 5.91 Å². The second-order valence-corrected chi connectivity index (χ2v) is 4.59. The van der Waals surface area contributed by atoms with E-state index >= 15 is 0 Å². The fraction of sp³-hybridized carbons (Fsp3) is 0.778. The smallest absolute Gasteiger partial charge is 0.319 e. The van der Waals surface area contributed by atoms with Crippen molar-refractivity contribution in [2.24, 2.45) is 5.41 Å². The summed E-state index contributed by atoms with van der Waals surface area (Å²) in [5.41, 5.74) is -1.48. The molecule has 1 aliphatic rings. The zero-order valence-corrected chi connectivity index (χ0v) is 8.18. The Labute approximate surface area is 77.3 Å². The second kappa shape index (κ2) is 2.72. The van der Waals surface area contributed by atoms with Crippen molar-refractivity contribution in [3.63, 3.8) is 0 Å². The average Bonchev–Trinajstić information content (AvgIpc) is 2.59. The van der Waals surface area contributed by atoms with Crippen molar-refractivity contribution in [2.75, 3.05) is 0 Å². The van der Waals surface area contributed by atoms with Crippen molar-refractivity contribution in [1.82, 2.24) is 5.32 Å². The maximum atomic E-state index is 11.5. The summed E-state index contributed by atoms with van der Waals surface area (Å²) < 4.78 is 0. The Morgan fingerprint density at radius 2 is 1.77 bits per heavy atom. The quantitative estimate of drug-likeness (QED) is 0.624. The molecule has 2 N–H and O–H groups in total. The standard InChI is InChI=1S/C9H15NO3/c1-8(2,3)10-6(11)9(4-5-9)7(12)13/h4-5H2,1-3H3,(H,10,11)(H,12,13). The predicted octanol–water partition coefficient (Wildman–Crippen LogP) is 0.766. The zero-order valence-electron chi connectivity index (χ0n) is 8.18. The molecule has 1 saturated carbocycles. The predicted molar refractivity (Wildman–Crippen MR) is 47.2 cm³/mol. The van der Waals surface area contributed by atoms with Crippen molar-refractivity contribution in [1.29, 1.82) is 0 Å². The van der Waals surface area contributed by atoms with Crippen LogP contribution in [0.2, 0.25) is 0 Å². The van der Waals surface area contributed by atoms with Crippen LogP contribution in [0.1, 0.15) is 33.6 Å². The molecule has 0 aromatic heterocycles. The monoisotopic (exact) mass is 185 g/mol. The van der Waals surface area contributed by atoms with Gasteiger partial charge in [-0.3, -0.25) is 9.59 Å². The van der Waals surface area contributed by atoms with E-state index < -0.39 is 11.4 Å². The van der Waals surface area contributed by atoms with Gasteiger partial charge in [-0.25, -0.2) is 0 Å². The first-order valence-corrected chi connectivity index (χ1v) is 4.34. The summed E-state index contributed by atoms with van der Waals surface area (Å²) in [6, 6.07) is 0. The Morgan fingerprint density at radius 1 is 1.31 bits per heavy atom. The molecule has 0 spiro atoms. The Kier molecular flexibility index (Phi) is 2.10. The molecule has 1 fully saturated rings. The van der Waals surface area contributed by atoms with Gasteiger partial charge in [0, 0.05) is 5.54 Å². The van der Waals surface area contributed by atoms with Crippen molar-refractivity contribution in [3.8, 4) is 0 Å². The van der Waals surface area contributed by atoms with Crippen molar-refractivity contribution in [2.45, 2.75) is 39.2 Å². The number of nitrogens with one attached hydrogen (secondary N) is 1. The lowest BCUT2D eigenvalue weighted by Gasteiger charge is -2.22. The summed E-state index contributed by atoms with van der Waals surface area (Å²) in [5, 5.41) is 11.5. The molecular weight excluding hydrogens is 170 g/mol. The number of rotatable bonds is 2. The Bertz CT molecular complexity index is 248. The summed E-state index contributed by atoms with van der Waals surface area (Å²) in [4.78, 5) is 22.2. The first kappa shape index (κ1) is 10.0. The van der Waals surface area contributed by atoms with Gasteiger partial charge in [-0.1, -0.05) is 0 Å². The van der Waals surface area contributed by atoms with Gasteiger partial charge in [0.15, 0.2) is 0 Å². The van der Waals surface area contributed by atoms with E-state index in [0.29, 0.717) is 12.8 Å². The van der Waals surface area contributed by atoms with E-state index in [2.05, 4.69) is 5.32 Å². The van der Waals surface area contributed by atoms with Gasteiger partial charge >= 0.3 is 5.97 Å². The third kappa shape index (κ3) is 1.99. The molecule has 0 heterocycles. The minimum atomic E-state index is -1.12. The summed E-state index contributed by atoms with van der Waals surface area (Å²) in [7, 11) is 0. The molecule has 1 aliphatic carbocycles. The molecule has 0 aromatic carbocycles. The van der Waals surface area contributed by atoms with E-state index in [-0.39, 0.29) is 11.4 Å². The highest BCUT2D eigenvalue weighted by Gasteiger charge is 2.57. The molecule has 0 saturated heterocycles. The van der Waals surface area contributed by atoms with E-state index in [1.165, 1.54) is 0 Å². The summed E-state index contributed by atoms with van der Waals surface area (Å²) in [6.07, 6.45) is 0.925. The third-order valence-electron chi connectivity index (χ3n) is 2.08. The maximum absolute atomic E-state index is 11.5. The lowest BCUT2D eigenvalue weighted by molar-refractivity contribution is -0.149. The van der Waals surface area contributed by atoms with Crippen LogP contribution in [0.4, 0.5) is 0 Å². The number of carboxylic acids is 1. The summed E-state index contributed by atoms with van der Waals surface area (Å²) >= 11 is 0. The first-order chi connectivity index (χ1) is 5.78. The van der Waals surface area contributed by atoms with Gasteiger partial charge in [0.1, 0.15) is 5.41 Å². The molecule has 0 bridgehead atoms. The Balaban J connectivity index is 2.64. The fourth-order valence-corrected chi connectivity index (χ4v) is 1.12. The molecule has 0 atom stereocenters. The van der Waals surface area contributed by atoms with Crippen LogP contribution in [0.25, 0.3) is 0 Å². The van der Waals surface area contributed by atoms with Crippen LogP contribution in [0.5, 0.6) is 0 Å². The van der Waals surface area contributed by atoms with Crippen LogP contribution in [-0.4, -0.2) is 22.5 Å². The molecule has 1 amide bonds. The van der Waals surface area contributed by atoms with Crippen LogP contribution in [-0.2, 0) is 9.59 Å². The molecule has 0 radical (unpaired) electrons. The van der Waals surface area contributed by atoms with Crippen LogP contribution < -0.4 is 5.32 Å². The molecule has 4 nitrogen and oxygen atoms in total. The number of amides is 1. The molecule has 1 rings (SSSR count). The van der Waals surface area contributed by atoms with Crippen LogP contribution in [0.15, 0.2) is 0 Å². The Morgan fingerprint density at radius 3 is 2.00 bits per heavy atom. The molecular formula is C9H15NO3. The Hall–Kier alpha value is -1.06. The van der Waals surface area contributed by atoms with E-state index in [4.69, 9.17) is 5.11 Å². The molecule has 0 aromatic rings. The van der Waals surface area contributed by atoms with Gasteiger partial charge < -0.3 is 10.4 Å². The molecule has 13 heavy (non-hydrogen) atoms. The van der Waals surface area contributed by atoms with E-state index in [1.807, 2.05) is 20.8 Å². The molecule has 74 valence electrons. The molecule has 0 unspecified atom stereocenters. The van der Waals surface area contributed by atoms with Crippen LogP contribution in [0, 0.1) is 5.41 Å². The highest BCUT2D eigenvalue weighted by molar-refractivity contribution is 6.05. The highest BCUT2D eigenvalue weighted by Crippen LogP contribution is 2.46. The van der Waals surface area contributed by atoms with Gasteiger partial charge in [-0.05, 0) is 33.6 Å². The van der Waals surface area contributed by atoms with Crippen molar-refractivity contribution < 1.29 is 14.7 Å². The SMILES string of the molecule is CC(C)(C)NC(=O)C1(C(=O)O)CC1. The lowest BCUT2D eigenvalue weighted by atomic mass is 10.0. The zero-order chi connectivity index (χ0) is 10.3.